The standard InChI is InChI=1S/C8H12N2O/c1-2-8(11)10(6-5-9)7-3-4-7/h1,7H,3-6,9H2. The lowest BCUT2D eigenvalue weighted by molar-refractivity contribution is -0.125. The number of carbonyl (C=O) groups excluding carboxylic acids is 1. The van der Waals surface area contributed by atoms with Crippen LogP contribution in [0.2, 0.25) is 0 Å². The Morgan fingerprint density at radius 3 is 2.73 bits per heavy atom. The molecule has 1 aliphatic carbocycles. The van der Waals surface area contributed by atoms with Gasteiger partial charge in [0.1, 0.15) is 0 Å². The number of carbonyl (C=O) groups is 1. The van der Waals surface area contributed by atoms with E-state index in [1.165, 1.54) is 0 Å². The van der Waals surface area contributed by atoms with Gasteiger partial charge in [-0.1, -0.05) is 0 Å². The minimum Gasteiger partial charge on any atom is -0.329 e. The number of amides is 1. The molecule has 3 nitrogen and oxygen atoms in total. The van der Waals surface area contributed by atoms with Crippen molar-refractivity contribution in [3.8, 4) is 12.3 Å². The van der Waals surface area contributed by atoms with Crippen molar-refractivity contribution in [3.63, 3.8) is 0 Å². The lowest BCUT2D eigenvalue weighted by atomic mass is 10.4. The van der Waals surface area contributed by atoms with E-state index in [-0.39, 0.29) is 5.91 Å². The molecular formula is C8H12N2O. The van der Waals surface area contributed by atoms with E-state index < -0.39 is 0 Å². The lowest BCUT2D eigenvalue weighted by Gasteiger charge is -2.17. The molecule has 1 rings (SSSR count). The van der Waals surface area contributed by atoms with Crippen LogP contribution in [-0.2, 0) is 4.79 Å². The maximum atomic E-state index is 11.0. The summed E-state index contributed by atoms with van der Waals surface area (Å²) in [6.07, 6.45) is 7.14. The first-order valence-corrected chi connectivity index (χ1v) is 3.77. The van der Waals surface area contributed by atoms with Crippen LogP contribution in [0.1, 0.15) is 12.8 Å². The van der Waals surface area contributed by atoms with Crippen LogP contribution in [0.15, 0.2) is 0 Å². The zero-order valence-corrected chi connectivity index (χ0v) is 6.42. The molecule has 0 heterocycles. The summed E-state index contributed by atoms with van der Waals surface area (Å²) in [4.78, 5) is 12.7. The molecule has 0 spiro atoms. The third-order valence-electron chi connectivity index (χ3n) is 1.74. The smallest absolute Gasteiger partial charge is 0.298 e. The topological polar surface area (TPSA) is 46.3 Å². The van der Waals surface area contributed by atoms with E-state index in [1.807, 2.05) is 0 Å². The molecule has 60 valence electrons. The molecule has 0 aromatic heterocycles. The van der Waals surface area contributed by atoms with Gasteiger partial charge in [0.2, 0.25) is 0 Å². The van der Waals surface area contributed by atoms with Gasteiger partial charge in [-0.15, -0.1) is 6.42 Å². The van der Waals surface area contributed by atoms with Crippen molar-refractivity contribution in [2.24, 2.45) is 5.73 Å². The van der Waals surface area contributed by atoms with Crippen molar-refractivity contribution in [2.75, 3.05) is 13.1 Å². The number of rotatable bonds is 3. The number of terminal acetylenes is 1. The molecule has 0 aliphatic heterocycles. The van der Waals surface area contributed by atoms with Gasteiger partial charge in [-0.05, 0) is 18.8 Å². The second-order valence-electron chi connectivity index (χ2n) is 2.66. The van der Waals surface area contributed by atoms with Crippen LogP contribution in [0, 0.1) is 12.3 Å². The molecule has 0 unspecified atom stereocenters. The molecule has 0 aromatic rings. The van der Waals surface area contributed by atoms with E-state index in [0.717, 1.165) is 12.8 Å². The molecule has 0 saturated heterocycles. The molecule has 1 saturated carbocycles. The number of hydrogen-bond donors (Lipinski definition) is 1. The highest BCUT2D eigenvalue weighted by atomic mass is 16.2. The van der Waals surface area contributed by atoms with E-state index in [2.05, 4.69) is 5.92 Å². The summed E-state index contributed by atoms with van der Waals surface area (Å²) in [6.45, 7) is 1.08. The summed E-state index contributed by atoms with van der Waals surface area (Å²) in [5.74, 6) is 1.88. The zero-order chi connectivity index (χ0) is 8.27. The minimum atomic E-state index is -0.224. The van der Waals surface area contributed by atoms with E-state index in [1.54, 1.807) is 4.90 Å². The average Bonchev–Trinajstić information content (AvgIpc) is 2.81. The van der Waals surface area contributed by atoms with E-state index in [9.17, 15) is 4.79 Å². The monoisotopic (exact) mass is 152 g/mol. The van der Waals surface area contributed by atoms with Crippen molar-refractivity contribution < 1.29 is 4.79 Å². The number of nitrogens with two attached hydrogens (primary N) is 1. The highest BCUT2D eigenvalue weighted by molar-refractivity contribution is 5.93. The van der Waals surface area contributed by atoms with Gasteiger partial charge in [0.05, 0.1) is 0 Å². The predicted molar refractivity (Wildman–Crippen MR) is 42.6 cm³/mol. The molecule has 11 heavy (non-hydrogen) atoms. The molecule has 0 bridgehead atoms. The molecular weight excluding hydrogens is 140 g/mol. The summed E-state index contributed by atoms with van der Waals surface area (Å²) >= 11 is 0. The SMILES string of the molecule is C#CC(=O)N(CCN)C1CC1. The first kappa shape index (κ1) is 8.09. The molecule has 3 heteroatoms. The second kappa shape index (κ2) is 3.40. The fourth-order valence-corrected chi connectivity index (χ4v) is 1.06. The Kier molecular flexibility index (Phi) is 2.50. The van der Waals surface area contributed by atoms with Crippen LogP contribution in [0.5, 0.6) is 0 Å². The van der Waals surface area contributed by atoms with E-state index in [0.29, 0.717) is 19.1 Å². The Hall–Kier alpha value is -1.01. The molecule has 0 atom stereocenters. The summed E-state index contributed by atoms with van der Waals surface area (Å²) in [6, 6.07) is 0.377. The summed E-state index contributed by atoms with van der Waals surface area (Å²) in [5.41, 5.74) is 5.32. The molecule has 2 N–H and O–H groups in total. The second-order valence-corrected chi connectivity index (χ2v) is 2.66. The van der Waals surface area contributed by atoms with Crippen LogP contribution >= 0.6 is 0 Å². The average molecular weight is 152 g/mol. The largest absolute Gasteiger partial charge is 0.329 e. The van der Waals surface area contributed by atoms with Crippen LogP contribution in [-0.4, -0.2) is 29.9 Å². The summed E-state index contributed by atoms with van der Waals surface area (Å²) in [7, 11) is 0. The fourth-order valence-electron chi connectivity index (χ4n) is 1.06. The van der Waals surface area contributed by atoms with Gasteiger partial charge in [-0.3, -0.25) is 4.79 Å². The Labute approximate surface area is 66.5 Å². The molecule has 0 aromatic carbocycles. The van der Waals surface area contributed by atoms with E-state index in [4.69, 9.17) is 12.2 Å². The Morgan fingerprint density at radius 2 is 2.36 bits per heavy atom. The molecule has 1 aliphatic rings. The normalized spacial score (nSPS) is 15.6. The van der Waals surface area contributed by atoms with Gasteiger partial charge in [-0.2, -0.15) is 0 Å². The third-order valence-corrected chi connectivity index (χ3v) is 1.74. The van der Waals surface area contributed by atoms with E-state index >= 15 is 0 Å². The molecule has 1 fully saturated rings. The first-order chi connectivity index (χ1) is 5.29. The maximum absolute atomic E-state index is 11.0. The quantitative estimate of drug-likeness (QED) is 0.558. The first-order valence-electron chi connectivity index (χ1n) is 3.77. The highest BCUT2D eigenvalue weighted by Gasteiger charge is 2.30. The van der Waals surface area contributed by atoms with Crippen LogP contribution in [0.4, 0.5) is 0 Å². The Morgan fingerprint density at radius 1 is 1.73 bits per heavy atom. The fraction of sp³-hybridized carbons (Fsp3) is 0.625. The van der Waals surface area contributed by atoms with Crippen LogP contribution < -0.4 is 5.73 Å². The predicted octanol–water partition coefficient (Wildman–Crippen LogP) is -0.431. The highest BCUT2D eigenvalue weighted by Crippen LogP contribution is 2.26. The Bertz CT molecular complexity index is 191. The van der Waals surface area contributed by atoms with Gasteiger partial charge >= 0.3 is 0 Å². The number of nitrogens with zero attached hydrogens (tertiary/aromatic N) is 1. The van der Waals surface area contributed by atoms with Gasteiger partial charge in [-0.25, -0.2) is 0 Å². The summed E-state index contributed by atoms with van der Waals surface area (Å²) in [5, 5.41) is 0. The zero-order valence-electron chi connectivity index (χ0n) is 6.42. The van der Waals surface area contributed by atoms with Gasteiger partial charge in [0, 0.05) is 19.1 Å². The minimum absolute atomic E-state index is 0.224. The van der Waals surface area contributed by atoms with Gasteiger partial charge in [0.15, 0.2) is 0 Å². The Balaban J connectivity index is 2.45. The van der Waals surface area contributed by atoms with Gasteiger partial charge in [0.25, 0.3) is 5.91 Å². The molecule has 1 amide bonds. The van der Waals surface area contributed by atoms with Crippen molar-refractivity contribution in [1.82, 2.24) is 4.90 Å². The van der Waals surface area contributed by atoms with Gasteiger partial charge < -0.3 is 10.6 Å². The van der Waals surface area contributed by atoms with Crippen LogP contribution in [0.3, 0.4) is 0 Å². The van der Waals surface area contributed by atoms with Crippen molar-refractivity contribution in [2.45, 2.75) is 18.9 Å². The van der Waals surface area contributed by atoms with Crippen molar-refractivity contribution in [1.29, 1.82) is 0 Å². The maximum Gasteiger partial charge on any atom is 0.298 e. The lowest BCUT2D eigenvalue weighted by Crippen LogP contribution is -2.36. The van der Waals surface area contributed by atoms with Crippen LogP contribution in [0.25, 0.3) is 0 Å². The molecule has 0 radical (unpaired) electrons. The number of hydrogen-bond acceptors (Lipinski definition) is 2. The third kappa shape index (κ3) is 1.95. The van der Waals surface area contributed by atoms with Crippen molar-refractivity contribution >= 4 is 5.91 Å². The van der Waals surface area contributed by atoms with Crippen molar-refractivity contribution in [3.05, 3.63) is 0 Å². The summed E-state index contributed by atoms with van der Waals surface area (Å²) < 4.78 is 0.